The molecule has 3 aromatic rings. The number of carbonyl (C=O) groups excluding carboxylic acids is 2. The van der Waals surface area contributed by atoms with E-state index in [0.717, 1.165) is 12.1 Å². The maximum Gasteiger partial charge on any atom is 0.326 e. The molecule has 1 aliphatic carbocycles. The lowest BCUT2D eigenvalue weighted by atomic mass is 9.96. The van der Waals surface area contributed by atoms with Crippen molar-refractivity contribution in [2.75, 3.05) is 5.32 Å². The number of carboxylic acids is 2. The summed E-state index contributed by atoms with van der Waals surface area (Å²) in [5.74, 6) is -5.05. The lowest BCUT2D eigenvalue weighted by molar-refractivity contribution is -0.140. The van der Waals surface area contributed by atoms with Crippen molar-refractivity contribution >= 4 is 35.0 Å². The van der Waals surface area contributed by atoms with E-state index in [2.05, 4.69) is 10.6 Å². The van der Waals surface area contributed by atoms with E-state index < -0.39 is 41.9 Å². The number of carboxylic acid groups (broad SMARTS) is 2. The summed E-state index contributed by atoms with van der Waals surface area (Å²) in [7, 11) is 0. The average molecular weight is 508 g/mol. The minimum atomic E-state index is -1.39. The number of anilines is 2. The Hall–Kier alpha value is -4.60. The Bertz CT molecular complexity index is 1420. The molecule has 4 N–H and O–H groups in total. The molecule has 8 nitrogen and oxygen atoms in total. The largest absolute Gasteiger partial charge is 0.481 e. The Morgan fingerprint density at radius 3 is 2.35 bits per heavy atom. The Labute approximate surface area is 209 Å². The molecule has 4 rings (SSSR count). The van der Waals surface area contributed by atoms with Crippen LogP contribution in [0, 0.1) is 11.6 Å². The molecule has 190 valence electrons. The number of ketones is 1. The number of aryl methyl sites for hydroxylation is 2. The van der Waals surface area contributed by atoms with Crippen molar-refractivity contribution in [1.82, 2.24) is 5.32 Å². The summed E-state index contributed by atoms with van der Waals surface area (Å²) in [6.07, 6.45) is 0.269. The minimum Gasteiger partial charge on any atom is -0.481 e. The van der Waals surface area contributed by atoms with Gasteiger partial charge in [-0.2, -0.15) is 0 Å². The van der Waals surface area contributed by atoms with Crippen LogP contribution in [0.2, 0.25) is 0 Å². The van der Waals surface area contributed by atoms with E-state index >= 15 is 0 Å². The molecule has 0 spiro atoms. The number of amides is 1. The highest BCUT2D eigenvalue weighted by molar-refractivity contribution is 6.12. The first-order valence-electron chi connectivity index (χ1n) is 11.4. The van der Waals surface area contributed by atoms with E-state index in [1.165, 1.54) is 18.2 Å². The molecule has 1 aliphatic rings. The minimum absolute atomic E-state index is 0.0715. The lowest BCUT2D eigenvalue weighted by Crippen LogP contribution is -2.41. The number of rotatable bonds is 8. The molecule has 0 heterocycles. The molecule has 0 fully saturated rings. The van der Waals surface area contributed by atoms with Crippen LogP contribution in [0.4, 0.5) is 20.2 Å². The second kappa shape index (κ2) is 10.6. The number of fused-ring (bicyclic) bond motifs is 2. The third kappa shape index (κ3) is 5.80. The molecular formula is C27H22F2N2O6. The van der Waals surface area contributed by atoms with Gasteiger partial charge in [-0.3, -0.25) is 14.4 Å². The highest BCUT2D eigenvalue weighted by atomic mass is 19.1. The van der Waals surface area contributed by atoms with Crippen molar-refractivity contribution in [3.8, 4) is 0 Å². The zero-order valence-electron chi connectivity index (χ0n) is 19.4. The number of hydrogen-bond donors (Lipinski definition) is 4. The van der Waals surface area contributed by atoms with Gasteiger partial charge in [0, 0.05) is 34.9 Å². The van der Waals surface area contributed by atoms with E-state index in [1.54, 1.807) is 24.3 Å². The van der Waals surface area contributed by atoms with Crippen LogP contribution in [-0.2, 0) is 22.4 Å². The Morgan fingerprint density at radius 2 is 1.65 bits per heavy atom. The molecule has 0 bridgehead atoms. The first-order valence-corrected chi connectivity index (χ1v) is 11.4. The van der Waals surface area contributed by atoms with Crippen molar-refractivity contribution in [1.29, 1.82) is 0 Å². The molecule has 3 aromatic carbocycles. The normalized spacial score (nSPS) is 13.1. The van der Waals surface area contributed by atoms with E-state index in [9.17, 15) is 33.1 Å². The van der Waals surface area contributed by atoms with Crippen molar-refractivity contribution in [2.45, 2.75) is 31.7 Å². The molecule has 0 aromatic heterocycles. The molecule has 0 radical (unpaired) electrons. The fourth-order valence-corrected chi connectivity index (χ4v) is 4.17. The summed E-state index contributed by atoms with van der Waals surface area (Å²) in [6.45, 7) is 0. The molecule has 0 saturated heterocycles. The van der Waals surface area contributed by atoms with Crippen LogP contribution in [0.5, 0.6) is 0 Å². The van der Waals surface area contributed by atoms with Crippen LogP contribution in [0.25, 0.3) is 0 Å². The highest BCUT2D eigenvalue weighted by Crippen LogP contribution is 2.29. The second-order valence-corrected chi connectivity index (χ2v) is 8.62. The van der Waals surface area contributed by atoms with E-state index in [-0.39, 0.29) is 23.5 Å². The van der Waals surface area contributed by atoms with Gasteiger partial charge in [0.25, 0.3) is 5.91 Å². The quantitative estimate of drug-likeness (QED) is 0.360. The Morgan fingerprint density at radius 1 is 0.892 bits per heavy atom. The van der Waals surface area contributed by atoms with E-state index in [4.69, 9.17) is 5.11 Å². The zero-order chi connectivity index (χ0) is 26.7. The average Bonchev–Trinajstić information content (AvgIpc) is 2.99. The van der Waals surface area contributed by atoms with Crippen molar-refractivity contribution < 1.29 is 38.2 Å². The van der Waals surface area contributed by atoms with Gasteiger partial charge in [0.1, 0.15) is 17.7 Å². The smallest absolute Gasteiger partial charge is 0.326 e. The van der Waals surface area contributed by atoms with Crippen LogP contribution in [0.3, 0.4) is 0 Å². The van der Waals surface area contributed by atoms with E-state index in [0.29, 0.717) is 40.8 Å². The van der Waals surface area contributed by atoms with Gasteiger partial charge in [0.15, 0.2) is 5.78 Å². The lowest BCUT2D eigenvalue weighted by Gasteiger charge is -2.14. The standard InChI is InChI=1S/C27H22F2N2O6/c28-17-5-8-22(21(29)13-17)30-18-6-7-19-15(11-18)3-1-14-2-4-16(12-20(14)25(19)34)26(35)31-23(27(36)37)9-10-24(32)33/h2,4-8,11-13,23,30H,1,3,9-10H2,(H,31,35)(H,32,33)(H,36,37). The maximum absolute atomic E-state index is 14.0. The summed E-state index contributed by atoms with van der Waals surface area (Å²) in [5, 5.41) is 23.3. The van der Waals surface area contributed by atoms with Crippen molar-refractivity contribution in [2.24, 2.45) is 0 Å². The monoisotopic (exact) mass is 508 g/mol. The zero-order valence-corrected chi connectivity index (χ0v) is 19.4. The summed E-state index contributed by atoms with van der Waals surface area (Å²) in [5.41, 5.74) is 2.80. The van der Waals surface area contributed by atoms with Crippen LogP contribution in [0.15, 0.2) is 54.6 Å². The SMILES string of the molecule is O=C(O)CCC(NC(=O)c1ccc2c(c1)C(=O)c1ccc(Nc3ccc(F)cc3F)cc1CC2)C(=O)O. The Kier molecular flexibility index (Phi) is 7.28. The predicted octanol–water partition coefficient (Wildman–Crippen LogP) is 4.09. The van der Waals surface area contributed by atoms with Crippen LogP contribution < -0.4 is 10.6 Å². The van der Waals surface area contributed by atoms with Gasteiger partial charge in [0.2, 0.25) is 0 Å². The summed E-state index contributed by atoms with van der Waals surface area (Å²) in [4.78, 5) is 48.3. The molecule has 1 unspecified atom stereocenters. The second-order valence-electron chi connectivity index (χ2n) is 8.62. The van der Waals surface area contributed by atoms with Crippen LogP contribution in [-0.4, -0.2) is 39.9 Å². The van der Waals surface area contributed by atoms with E-state index in [1.807, 2.05) is 0 Å². The summed E-state index contributed by atoms with van der Waals surface area (Å²) in [6, 6.07) is 11.2. The molecule has 0 saturated carbocycles. The molecule has 0 aliphatic heterocycles. The summed E-state index contributed by atoms with van der Waals surface area (Å²) < 4.78 is 27.2. The van der Waals surface area contributed by atoms with Crippen LogP contribution in [0.1, 0.15) is 50.2 Å². The third-order valence-corrected chi connectivity index (χ3v) is 6.09. The molecule has 37 heavy (non-hydrogen) atoms. The van der Waals surface area contributed by atoms with Gasteiger partial charge in [-0.05, 0) is 72.9 Å². The predicted molar refractivity (Wildman–Crippen MR) is 129 cm³/mol. The number of hydrogen-bond acceptors (Lipinski definition) is 5. The van der Waals surface area contributed by atoms with Gasteiger partial charge < -0.3 is 20.8 Å². The fourth-order valence-electron chi connectivity index (χ4n) is 4.17. The number of nitrogens with one attached hydrogen (secondary N) is 2. The van der Waals surface area contributed by atoms with Crippen molar-refractivity contribution in [3.05, 3.63) is 94.0 Å². The van der Waals surface area contributed by atoms with Crippen LogP contribution >= 0.6 is 0 Å². The van der Waals surface area contributed by atoms with Gasteiger partial charge >= 0.3 is 11.9 Å². The Balaban J connectivity index is 1.56. The van der Waals surface area contributed by atoms with Gasteiger partial charge in [-0.1, -0.05) is 6.07 Å². The molecule has 1 atom stereocenters. The van der Waals surface area contributed by atoms with Gasteiger partial charge in [-0.25, -0.2) is 13.6 Å². The molecule has 10 heteroatoms. The molecule has 1 amide bonds. The number of carbonyl (C=O) groups is 4. The van der Waals surface area contributed by atoms with Gasteiger partial charge in [0.05, 0.1) is 5.69 Å². The number of halogens is 2. The topological polar surface area (TPSA) is 133 Å². The number of benzene rings is 3. The summed E-state index contributed by atoms with van der Waals surface area (Å²) >= 11 is 0. The first kappa shape index (κ1) is 25.5. The third-order valence-electron chi connectivity index (χ3n) is 6.09. The highest BCUT2D eigenvalue weighted by Gasteiger charge is 2.25. The maximum atomic E-state index is 14.0. The fraction of sp³-hybridized carbons (Fsp3) is 0.185. The van der Waals surface area contributed by atoms with Gasteiger partial charge in [-0.15, -0.1) is 0 Å². The van der Waals surface area contributed by atoms with Crippen molar-refractivity contribution in [3.63, 3.8) is 0 Å². The first-order chi connectivity index (χ1) is 17.6. The number of aliphatic carboxylic acids is 2. The molecular weight excluding hydrogens is 486 g/mol.